The smallest absolute Gasteiger partial charge is 0.252 e. The summed E-state index contributed by atoms with van der Waals surface area (Å²) in [6.07, 6.45) is 4.15. The molecule has 0 bridgehead atoms. The Kier molecular flexibility index (Phi) is 7.01. The molecule has 1 heterocycles. The highest BCUT2D eigenvalue weighted by Crippen LogP contribution is 2.34. The molecule has 2 N–H and O–H groups in total. The molecule has 0 spiro atoms. The average Bonchev–Trinajstić information content (AvgIpc) is 2.88. The summed E-state index contributed by atoms with van der Waals surface area (Å²) in [5.74, 6) is 0.819. The van der Waals surface area contributed by atoms with Crippen LogP contribution in [0.5, 0.6) is 11.5 Å². The van der Waals surface area contributed by atoms with Crippen LogP contribution in [0.4, 0.5) is 0 Å². The maximum Gasteiger partial charge on any atom is 0.252 e. The summed E-state index contributed by atoms with van der Waals surface area (Å²) in [6, 6.07) is 14.9. The van der Waals surface area contributed by atoms with E-state index in [1.807, 2.05) is 49.4 Å². The van der Waals surface area contributed by atoms with Gasteiger partial charge in [0.1, 0.15) is 5.54 Å². The summed E-state index contributed by atoms with van der Waals surface area (Å²) in [7, 11) is 3.17. The predicted octanol–water partition coefficient (Wildman–Crippen LogP) is 4.49. The lowest BCUT2D eigenvalue weighted by atomic mass is 9.80. The second kappa shape index (κ2) is 10.1. The van der Waals surface area contributed by atoms with Crippen LogP contribution in [-0.4, -0.2) is 43.1 Å². The second-order valence-electron chi connectivity index (χ2n) is 8.60. The van der Waals surface area contributed by atoms with Gasteiger partial charge in [-0.15, -0.1) is 0 Å². The summed E-state index contributed by atoms with van der Waals surface area (Å²) in [5, 5.41) is 6.78. The van der Waals surface area contributed by atoms with Crippen LogP contribution in [0.25, 0.3) is 22.2 Å². The van der Waals surface area contributed by atoms with E-state index in [1.54, 1.807) is 20.3 Å². The van der Waals surface area contributed by atoms with Crippen molar-refractivity contribution in [2.75, 3.05) is 20.8 Å². The molecule has 0 aliphatic heterocycles. The molecule has 1 aliphatic rings. The molecule has 7 heteroatoms. The Hall–Kier alpha value is -3.61. The van der Waals surface area contributed by atoms with Crippen LogP contribution in [-0.2, 0) is 4.79 Å². The lowest BCUT2D eigenvalue weighted by Crippen LogP contribution is -2.59. The fourth-order valence-electron chi connectivity index (χ4n) is 4.69. The number of para-hydroxylation sites is 1. The van der Waals surface area contributed by atoms with Crippen molar-refractivity contribution < 1.29 is 19.1 Å². The van der Waals surface area contributed by atoms with E-state index in [0.717, 1.165) is 30.2 Å². The van der Waals surface area contributed by atoms with Gasteiger partial charge in [-0.1, -0.05) is 37.5 Å². The van der Waals surface area contributed by atoms with E-state index in [1.165, 1.54) is 0 Å². The van der Waals surface area contributed by atoms with Crippen LogP contribution in [0, 0.1) is 0 Å². The van der Waals surface area contributed by atoms with Crippen molar-refractivity contribution in [2.45, 2.75) is 44.6 Å². The lowest BCUT2D eigenvalue weighted by molar-refractivity contribution is -0.128. The number of fused-ring (bicyclic) bond motifs is 1. The zero-order chi connectivity index (χ0) is 24.1. The summed E-state index contributed by atoms with van der Waals surface area (Å²) < 4.78 is 10.8. The van der Waals surface area contributed by atoms with Crippen molar-refractivity contribution in [1.29, 1.82) is 0 Å². The zero-order valence-electron chi connectivity index (χ0n) is 19.9. The first-order chi connectivity index (χ1) is 16.5. The fourth-order valence-corrected chi connectivity index (χ4v) is 4.69. The molecule has 1 fully saturated rings. The van der Waals surface area contributed by atoms with Crippen LogP contribution in [0.2, 0.25) is 0 Å². The SMILES string of the molecule is CCNC(=O)C1(NC(=O)c2cc(-c3ccc(OC)c(OC)c3)nc3ccccc23)CCCCC1. The Morgan fingerprint density at radius 2 is 1.71 bits per heavy atom. The molecule has 7 nitrogen and oxygen atoms in total. The number of likely N-dealkylation sites (N-methyl/N-ethyl adjacent to an activating group) is 1. The van der Waals surface area contributed by atoms with Gasteiger partial charge in [-0.2, -0.15) is 0 Å². The number of benzene rings is 2. The number of pyridine rings is 1. The van der Waals surface area contributed by atoms with E-state index in [4.69, 9.17) is 14.5 Å². The first-order valence-corrected chi connectivity index (χ1v) is 11.7. The number of nitrogens with one attached hydrogen (secondary N) is 2. The Bertz CT molecular complexity index is 1200. The number of ether oxygens (including phenoxy) is 2. The second-order valence-corrected chi connectivity index (χ2v) is 8.60. The molecule has 1 saturated carbocycles. The minimum atomic E-state index is -0.890. The van der Waals surface area contributed by atoms with E-state index in [9.17, 15) is 9.59 Å². The largest absolute Gasteiger partial charge is 0.493 e. The van der Waals surface area contributed by atoms with Gasteiger partial charge in [0.15, 0.2) is 11.5 Å². The molecule has 0 unspecified atom stereocenters. The third kappa shape index (κ3) is 4.55. The number of carbonyl (C=O) groups excluding carboxylic acids is 2. The number of amides is 2. The quantitative estimate of drug-likeness (QED) is 0.541. The highest BCUT2D eigenvalue weighted by atomic mass is 16.5. The molecule has 0 radical (unpaired) electrons. The Balaban J connectivity index is 1.77. The van der Waals surface area contributed by atoms with E-state index in [0.29, 0.717) is 47.7 Å². The minimum absolute atomic E-state index is 0.110. The van der Waals surface area contributed by atoms with Gasteiger partial charge in [0.2, 0.25) is 5.91 Å². The van der Waals surface area contributed by atoms with Gasteiger partial charge >= 0.3 is 0 Å². The first-order valence-electron chi connectivity index (χ1n) is 11.7. The molecule has 1 aromatic heterocycles. The molecule has 3 aromatic rings. The van der Waals surface area contributed by atoms with Gasteiger partial charge in [0.25, 0.3) is 5.91 Å². The number of aromatic nitrogens is 1. The fraction of sp³-hybridized carbons (Fsp3) is 0.370. The predicted molar refractivity (Wildman–Crippen MR) is 132 cm³/mol. The van der Waals surface area contributed by atoms with E-state index in [2.05, 4.69) is 10.6 Å². The zero-order valence-corrected chi connectivity index (χ0v) is 19.9. The lowest BCUT2D eigenvalue weighted by Gasteiger charge is -2.36. The van der Waals surface area contributed by atoms with Crippen molar-refractivity contribution >= 4 is 22.7 Å². The molecular formula is C27H31N3O4. The third-order valence-corrected chi connectivity index (χ3v) is 6.47. The molecule has 1 aliphatic carbocycles. The van der Waals surface area contributed by atoms with Crippen LogP contribution in [0.1, 0.15) is 49.4 Å². The topological polar surface area (TPSA) is 89.6 Å². The number of carbonyl (C=O) groups is 2. The van der Waals surface area contributed by atoms with E-state index in [-0.39, 0.29) is 11.8 Å². The molecular weight excluding hydrogens is 430 g/mol. The average molecular weight is 462 g/mol. The Labute approximate surface area is 199 Å². The van der Waals surface area contributed by atoms with Gasteiger partial charge in [-0.25, -0.2) is 4.98 Å². The Morgan fingerprint density at radius 3 is 2.41 bits per heavy atom. The highest BCUT2D eigenvalue weighted by Gasteiger charge is 2.41. The van der Waals surface area contributed by atoms with Crippen molar-refractivity contribution in [1.82, 2.24) is 15.6 Å². The normalized spacial score (nSPS) is 14.9. The molecule has 0 atom stereocenters. The molecule has 0 saturated heterocycles. The number of hydrogen-bond acceptors (Lipinski definition) is 5. The number of hydrogen-bond donors (Lipinski definition) is 2. The molecule has 2 amide bonds. The molecule has 178 valence electrons. The first kappa shape index (κ1) is 23.5. The number of nitrogens with zero attached hydrogens (tertiary/aromatic N) is 1. The molecule has 4 rings (SSSR count). The van der Waals surface area contributed by atoms with Crippen LogP contribution < -0.4 is 20.1 Å². The van der Waals surface area contributed by atoms with Gasteiger partial charge in [-0.05, 0) is 50.1 Å². The number of methoxy groups -OCH3 is 2. The van der Waals surface area contributed by atoms with Gasteiger partial charge in [0.05, 0.1) is 31.0 Å². The maximum atomic E-state index is 13.7. The van der Waals surface area contributed by atoms with Crippen molar-refractivity contribution in [3.63, 3.8) is 0 Å². The van der Waals surface area contributed by atoms with Crippen LogP contribution >= 0.6 is 0 Å². The van der Waals surface area contributed by atoms with Crippen LogP contribution in [0.3, 0.4) is 0 Å². The summed E-state index contributed by atoms with van der Waals surface area (Å²) >= 11 is 0. The standard InChI is InChI=1S/C27H31N3O4/c1-4-28-26(32)27(14-8-5-9-15-27)30-25(31)20-17-22(29-21-11-7-6-10-19(20)21)18-12-13-23(33-2)24(16-18)34-3/h6-7,10-13,16-17H,4-5,8-9,14-15H2,1-3H3,(H,28,32)(H,30,31). The van der Waals surface area contributed by atoms with Gasteiger partial charge in [0, 0.05) is 17.5 Å². The van der Waals surface area contributed by atoms with Crippen molar-refractivity contribution in [3.05, 3.63) is 54.1 Å². The Morgan fingerprint density at radius 1 is 0.971 bits per heavy atom. The summed E-state index contributed by atoms with van der Waals surface area (Å²) in [4.78, 5) is 31.5. The molecule has 34 heavy (non-hydrogen) atoms. The van der Waals surface area contributed by atoms with E-state index < -0.39 is 5.54 Å². The molecule has 2 aromatic carbocycles. The maximum absolute atomic E-state index is 13.7. The summed E-state index contributed by atoms with van der Waals surface area (Å²) in [6.45, 7) is 2.42. The van der Waals surface area contributed by atoms with Crippen molar-refractivity contribution in [2.24, 2.45) is 0 Å². The van der Waals surface area contributed by atoms with E-state index >= 15 is 0 Å². The van der Waals surface area contributed by atoms with Gasteiger partial charge < -0.3 is 20.1 Å². The van der Waals surface area contributed by atoms with Crippen molar-refractivity contribution in [3.8, 4) is 22.8 Å². The van der Waals surface area contributed by atoms with Crippen LogP contribution in [0.15, 0.2) is 48.5 Å². The third-order valence-electron chi connectivity index (χ3n) is 6.47. The monoisotopic (exact) mass is 461 g/mol. The van der Waals surface area contributed by atoms with Gasteiger partial charge in [-0.3, -0.25) is 9.59 Å². The minimum Gasteiger partial charge on any atom is -0.493 e. The summed E-state index contributed by atoms with van der Waals surface area (Å²) in [5.41, 5.74) is 1.74. The number of rotatable bonds is 7. The highest BCUT2D eigenvalue weighted by molar-refractivity contribution is 6.09.